The minimum Gasteiger partial charge on any atom is -0.334 e. The number of hydrogen-bond donors (Lipinski definition) is 1. The van der Waals surface area contributed by atoms with Gasteiger partial charge in [0.2, 0.25) is 0 Å². The van der Waals surface area contributed by atoms with Crippen molar-refractivity contribution in [3.8, 4) is 0 Å². The van der Waals surface area contributed by atoms with Crippen molar-refractivity contribution >= 4 is 15.9 Å². The second-order valence-electron chi connectivity index (χ2n) is 6.00. The first-order chi connectivity index (χ1) is 12.0. The molecule has 5 nitrogen and oxygen atoms in total. The Bertz CT molecular complexity index is 838. The van der Waals surface area contributed by atoms with E-state index in [0.29, 0.717) is 13.0 Å². The zero-order valence-electron chi connectivity index (χ0n) is 13.6. The highest BCUT2D eigenvalue weighted by molar-refractivity contribution is 7.92. The van der Waals surface area contributed by atoms with Gasteiger partial charge in [-0.05, 0) is 36.2 Å². The van der Waals surface area contributed by atoms with Crippen LogP contribution in [0.4, 0.5) is 9.18 Å². The van der Waals surface area contributed by atoms with Gasteiger partial charge in [-0.25, -0.2) is 17.6 Å². The summed E-state index contributed by atoms with van der Waals surface area (Å²) < 4.78 is 38.1. The van der Waals surface area contributed by atoms with E-state index in [1.165, 1.54) is 17.0 Å². The van der Waals surface area contributed by atoms with Gasteiger partial charge in [-0.1, -0.05) is 30.3 Å². The van der Waals surface area contributed by atoms with Crippen LogP contribution < -0.4 is 5.32 Å². The molecule has 1 N–H and O–H groups in total. The lowest BCUT2D eigenvalue weighted by Gasteiger charge is -2.17. The van der Waals surface area contributed by atoms with Crippen LogP contribution in [0.25, 0.3) is 0 Å². The van der Waals surface area contributed by atoms with Crippen molar-refractivity contribution < 1.29 is 17.6 Å². The van der Waals surface area contributed by atoms with Crippen molar-refractivity contribution in [2.45, 2.75) is 23.1 Å². The summed E-state index contributed by atoms with van der Waals surface area (Å²) in [5, 5.41) is 2.15. The van der Waals surface area contributed by atoms with Gasteiger partial charge in [-0.15, -0.1) is 0 Å². The molecule has 2 amide bonds. The number of amides is 2. The van der Waals surface area contributed by atoms with Gasteiger partial charge >= 0.3 is 6.03 Å². The largest absolute Gasteiger partial charge is 0.334 e. The molecule has 1 saturated heterocycles. The molecule has 0 aliphatic carbocycles. The Morgan fingerprint density at radius 1 is 1.12 bits per heavy atom. The van der Waals surface area contributed by atoms with Crippen LogP contribution in [-0.2, 0) is 16.4 Å². The van der Waals surface area contributed by atoms with Crippen molar-refractivity contribution in [1.29, 1.82) is 0 Å². The highest BCUT2D eigenvalue weighted by atomic mass is 32.2. The molecule has 0 saturated carbocycles. The zero-order valence-corrected chi connectivity index (χ0v) is 14.4. The summed E-state index contributed by atoms with van der Waals surface area (Å²) in [6, 6.07) is 13.9. The molecule has 7 heteroatoms. The summed E-state index contributed by atoms with van der Waals surface area (Å²) >= 11 is 0. The molecule has 0 bridgehead atoms. The van der Waals surface area contributed by atoms with Gasteiger partial charge in [0, 0.05) is 19.6 Å². The third-order valence-corrected chi connectivity index (χ3v) is 6.49. The van der Waals surface area contributed by atoms with Crippen LogP contribution in [0.15, 0.2) is 59.5 Å². The Hall–Kier alpha value is -2.41. The average Bonchev–Trinajstić information content (AvgIpc) is 3.13. The lowest BCUT2D eigenvalue weighted by Crippen LogP contribution is -2.39. The third kappa shape index (κ3) is 3.99. The van der Waals surface area contributed by atoms with Gasteiger partial charge in [0.1, 0.15) is 5.82 Å². The number of sulfone groups is 1. The maximum atomic E-state index is 12.9. The smallest absolute Gasteiger partial charge is 0.317 e. The molecule has 2 aromatic rings. The van der Waals surface area contributed by atoms with Gasteiger partial charge in [0.25, 0.3) is 0 Å². The summed E-state index contributed by atoms with van der Waals surface area (Å²) in [6.45, 7) is 0.837. The summed E-state index contributed by atoms with van der Waals surface area (Å²) in [7, 11) is -3.44. The SMILES string of the molecule is O=C(NCc1ccc(F)cc1)N1CCC(S(=O)(=O)c2ccccc2)C1. The van der Waals surface area contributed by atoms with Crippen molar-refractivity contribution in [3.63, 3.8) is 0 Å². The molecule has 1 unspecified atom stereocenters. The van der Waals surface area contributed by atoms with Crippen LogP contribution in [0.1, 0.15) is 12.0 Å². The van der Waals surface area contributed by atoms with Crippen LogP contribution in [-0.4, -0.2) is 37.7 Å². The first-order valence-corrected chi connectivity index (χ1v) is 9.57. The molecular weight excluding hydrogens is 343 g/mol. The van der Waals surface area contributed by atoms with Crippen LogP contribution in [0, 0.1) is 5.82 Å². The Morgan fingerprint density at radius 3 is 2.48 bits per heavy atom. The zero-order chi connectivity index (χ0) is 17.9. The van der Waals surface area contributed by atoms with E-state index in [1.54, 1.807) is 42.5 Å². The predicted molar refractivity (Wildman–Crippen MR) is 92.2 cm³/mol. The lowest BCUT2D eigenvalue weighted by molar-refractivity contribution is 0.208. The van der Waals surface area contributed by atoms with E-state index < -0.39 is 15.1 Å². The predicted octanol–water partition coefficient (Wildman–Crippen LogP) is 2.58. The fourth-order valence-electron chi connectivity index (χ4n) is 2.86. The average molecular weight is 362 g/mol. The Balaban J connectivity index is 1.58. The maximum Gasteiger partial charge on any atom is 0.317 e. The fourth-order valence-corrected chi connectivity index (χ4v) is 4.57. The van der Waals surface area contributed by atoms with E-state index in [1.807, 2.05) is 0 Å². The number of carbonyl (C=O) groups is 1. The highest BCUT2D eigenvalue weighted by Gasteiger charge is 2.35. The molecule has 132 valence electrons. The van der Waals surface area contributed by atoms with Crippen LogP contribution in [0.5, 0.6) is 0 Å². The number of nitrogens with zero attached hydrogens (tertiary/aromatic N) is 1. The quantitative estimate of drug-likeness (QED) is 0.909. The number of carbonyl (C=O) groups excluding carboxylic acids is 1. The molecule has 1 heterocycles. The van der Waals surface area contributed by atoms with E-state index in [0.717, 1.165) is 5.56 Å². The molecule has 1 fully saturated rings. The number of nitrogens with one attached hydrogen (secondary N) is 1. The normalized spacial score (nSPS) is 17.5. The Morgan fingerprint density at radius 2 is 1.80 bits per heavy atom. The molecule has 1 aliphatic rings. The van der Waals surface area contributed by atoms with Gasteiger partial charge in [0.15, 0.2) is 9.84 Å². The first-order valence-electron chi connectivity index (χ1n) is 8.03. The van der Waals surface area contributed by atoms with Crippen molar-refractivity contribution in [2.24, 2.45) is 0 Å². The molecule has 1 aliphatic heterocycles. The number of halogens is 1. The molecule has 1 atom stereocenters. The van der Waals surface area contributed by atoms with Gasteiger partial charge in [-0.3, -0.25) is 0 Å². The monoisotopic (exact) mass is 362 g/mol. The van der Waals surface area contributed by atoms with E-state index in [9.17, 15) is 17.6 Å². The van der Waals surface area contributed by atoms with Gasteiger partial charge < -0.3 is 10.2 Å². The fraction of sp³-hybridized carbons (Fsp3) is 0.278. The van der Waals surface area contributed by atoms with E-state index >= 15 is 0 Å². The van der Waals surface area contributed by atoms with Crippen LogP contribution >= 0.6 is 0 Å². The lowest BCUT2D eigenvalue weighted by atomic mass is 10.2. The standard InChI is InChI=1S/C18H19FN2O3S/c19-15-8-6-14(7-9-15)12-20-18(22)21-11-10-17(13-21)25(23,24)16-4-2-1-3-5-16/h1-9,17H,10-13H2,(H,20,22). The number of likely N-dealkylation sites (tertiary alicyclic amines) is 1. The molecular formula is C18H19FN2O3S. The molecule has 2 aromatic carbocycles. The first kappa shape index (κ1) is 17.4. The number of urea groups is 1. The Labute approximate surface area is 146 Å². The Kier molecular flexibility index (Phi) is 5.03. The minimum absolute atomic E-state index is 0.173. The number of hydrogen-bond acceptors (Lipinski definition) is 3. The summed E-state index contributed by atoms with van der Waals surface area (Å²) in [6.07, 6.45) is 0.418. The molecule has 25 heavy (non-hydrogen) atoms. The van der Waals surface area contributed by atoms with Crippen molar-refractivity contribution in [3.05, 3.63) is 66.0 Å². The van der Waals surface area contributed by atoms with E-state index in [4.69, 9.17) is 0 Å². The van der Waals surface area contributed by atoms with E-state index in [2.05, 4.69) is 5.32 Å². The molecule has 0 radical (unpaired) electrons. The van der Waals surface area contributed by atoms with Crippen molar-refractivity contribution in [1.82, 2.24) is 10.2 Å². The van der Waals surface area contributed by atoms with Gasteiger partial charge in [0.05, 0.1) is 10.1 Å². The second-order valence-corrected chi connectivity index (χ2v) is 8.23. The highest BCUT2D eigenvalue weighted by Crippen LogP contribution is 2.23. The van der Waals surface area contributed by atoms with Crippen LogP contribution in [0.3, 0.4) is 0 Å². The number of benzene rings is 2. The van der Waals surface area contributed by atoms with Gasteiger partial charge in [-0.2, -0.15) is 0 Å². The van der Waals surface area contributed by atoms with Crippen molar-refractivity contribution in [2.75, 3.05) is 13.1 Å². The summed E-state index contributed by atoms with van der Waals surface area (Å²) in [5.41, 5.74) is 0.780. The maximum absolute atomic E-state index is 12.9. The molecule has 0 spiro atoms. The number of rotatable bonds is 4. The minimum atomic E-state index is -3.44. The third-order valence-electron chi connectivity index (χ3n) is 4.30. The van der Waals surface area contributed by atoms with Crippen LogP contribution in [0.2, 0.25) is 0 Å². The molecule has 0 aromatic heterocycles. The topological polar surface area (TPSA) is 66.5 Å². The molecule has 3 rings (SSSR count). The second kappa shape index (κ2) is 7.23. The summed E-state index contributed by atoms with van der Waals surface area (Å²) in [5.74, 6) is -0.330. The van der Waals surface area contributed by atoms with E-state index in [-0.39, 0.29) is 29.8 Å². The summed E-state index contributed by atoms with van der Waals surface area (Å²) in [4.78, 5) is 14.0.